The van der Waals surface area contributed by atoms with Crippen molar-refractivity contribution in [2.45, 2.75) is 19.3 Å². The van der Waals surface area contributed by atoms with Crippen molar-refractivity contribution >= 4 is 34.1 Å². The zero-order valence-electron chi connectivity index (χ0n) is 20.5. The lowest BCUT2D eigenvalue weighted by atomic mass is 9.72. The maximum Gasteiger partial charge on any atom is 0.328 e. The van der Waals surface area contributed by atoms with E-state index in [-0.39, 0.29) is 16.9 Å². The summed E-state index contributed by atoms with van der Waals surface area (Å²) in [6.07, 6.45) is 5.18. The molecule has 1 aromatic heterocycles. The average molecular weight is 512 g/mol. The second-order valence-electron chi connectivity index (χ2n) is 9.09. The van der Waals surface area contributed by atoms with Crippen LogP contribution in [0, 0.1) is 29.0 Å². The number of nitriles is 1. The van der Waals surface area contributed by atoms with Gasteiger partial charge in [-0.1, -0.05) is 36.8 Å². The summed E-state index contributed by atoms with van der Waals surface area (Å²) in [7, 11) is 1.47. The summed E-state index contributed by atoms with van der Waals surface area (Å²) in [6.45, 7) is 0. The van der Waals surface area contributed by atoms with Gasteiger partial charge in [-0.05, 0) is 65.3 Å². The average Bonchev–Trinajstić information content (AvgIpc) is 3.27. The fourth-order valence-electron chi connectivity index (χ4n) is 4.88. The topological polar surface area (TPSA) is 99.0 Å². The number of benzene rings is 3. The summed E-state index contributed by atoms with van der Waals surface area (Å²) in [5.41, 5.74) is 4.03. The van der Waals surface area contributed by atoms with Crippen molar-refractivity contribution in [2.24, 2.45) is 5.92 Å². The van der Waals surface area contributed by atoms with Gasteiger partial charge in [-0.25, -0.2) is 9.18 Å². The Balaban J connectivity index is 1.83. The number of ether oxygens (including phenoxy) is 1. The number of aromatic nitrogens is 2. The van der Waals surface area contributed by atoms with Crippen molar-refractivity contribution in [1.29, 1.82) is 5.26 Å². The number of aliphatic carboxylic acids is 1. The van der Waals surface area contributed by atoms with Crippen LogP contribution >= 0.6 is 0 Å². The monoisotopic (exact) mass is 511 g/mol. The second kappa shape index (κ2) is 10.3. The Morgan fingerprint density at radius 2 is 1.87 bits per heavy atom. The van der Waals surface area contributed by atoms with Gasteiger partial charge in [0.05, 0.1) is 23.6 Å². The van der Waals surface area contributed by atoms with E-state index in [1.165, 1.54) is 19.3 Å². The minimum absolute atomic E-state index is 0.0240. The van der Waals surface area contributed by atoms with Crippen LogP contribution in [0.5, 0.6) is 5.75 Å². The van der Waals surface area contributed by atoms with Crippen LogP contribution < -0.4 is 4.74 Å². The highest BCUT2D eigenvalue weighted by Crippen LogP contribution is 2.47. The molecule has 0 saturated heterocycles. The molecule has 1 aliphatic rings. The number of methoxy groups -OCH3 is 1. The summed E-state index contributed by atoms with van der Waals surface area (Å²) in [4.78, 5) is 10.9. The first kappa shape index (κ1) is 24.9. The van der Waals surface area contributed by atoms with Crippen LogP contribution in [0.25, 0.3) is 28.1 Å². The number of fused-ring (bicyclic) bond motifs is 1. The molecule has 0 aliphatic heterocycles. The van der Waals surface area contributed by atoms with Crippen LogP contribution in [0.15, 0.2) is 60.7 Å². The van der Waals surface area contributed by atoms with Crippen LogP contribution in [0.4, 0.5) is 8.78 Å². The number of halogens is 2. The molecule has 190 valence electrons. The van der Waals surface area contributed by atoms with Crippen molar-refractivity contribution in [1.82, 2.24) is 10.2 Å². The molecule has 0 unspecified atom stereocenters. The largest absolute Gasteiger partial charge is 0.497 e. The molecule has 0 amide bonds. The van der Waals surface area contributed by atoms with Gasteiger partial charge in [-0.3, -0.25) is 5.10 Å². The van der Waals surface area contributed by atoms with Gasteiger partial charge in [0.25, 0.3) is 0 Å². The molecule has 5 rings (SSSR count). The van der Waals surface area contributed by atoms with E-state index in [4.69, 9.17) is 9.84 Å². The minimum Gasteiger partial charge on any atom is -0.497 e. The molecule has 2 N–H and O–H groups in total. The molecule has 38 heavy (non-hydrogen) atoms. The van der Waals surface area contributed by atoms with Crippen molar-refractivity contribution < 1.29 is 23.4 Å². The number of carboxylic acid groups (broad SMARTS) is 1. The number of rotatable bonds is 7. The van der Waals surface area contributed by atoms with E-state index in [2.05, 4.69) is 16.3 Å². The van der Waals surface area contributed by atoms with E-state index in [0.717, 1.165) is 30.9 Å². The number of carboxylic acids is 1. The third-order valence-corrected chi connectivity index (χ3v) is 6.93. The van der Waals surface area contributed by atoms with Crippen LogP contribution in [-0.2, 0) is 4.79 Å². The Bertz CT molecular complexity index is 1640. The van der Waals surface area contributed by atoms with E-state index >= 15 is 4.39 Å². The molecule has 0 bridgehead atoms. The van der Waals surface area contributed by atoms with Gasteiger partial charge in [0, 0.05) is 23.3 Å². The highest BCUT2D eigenvalue weighted by Gasteiger charge is 2.30. The molecule has 1 heterocycles. The Hall–Kier alpha value is -4.77. The fourth-order valence-corrected chi connectivity index (χ4v) is 4.88. The van der Waals surface area contributed by atoms with Crippen molar-refractivity contribution in [2.75, 3.05) is 7.11 Å². The summed E-state index contributed by atoms with van der Waals surface area (Å²) in [5.74, 6) is -1.90. The number of aromatic amines is 1. The van der Waals surface area contributed by atoms with Crippen molar-refractivity contribution in [3.05, 3.63) is 100 Å². The summed E-state index contributed by atoms with van der Waals surface area (Å²) >= 11 is 0. The third kappa shape index (κ3) is 4.55. The molecule has 0 spiro atoms. The molecule has 1 saturated carbocycles. The fraction of sp³-hybridized carbons (Fsp3) is 0.167. The van der Waals surface area contributed by atoms with Crippen LogP contribution in [-0.4, -0.2) is 28.4 Å². The molecule has 8 heteroatoms. The predicted molar refractivity (Wildman–Crippen MR) is 140 cm³/mol. The quantitative estimate of drug-likeness (QED) is 0.216. The van der Waals surface area contributed by atoms with E-state index in [1.54, 1.807) is 48.5 Å². The van der Waals surface area contributed by atoms with Gasteiger partial charge in [-0.15, -0.1) is 5.10 Å². The first-order valence-electron chi connectivity index (χ1n) is 12.1. The molecule has 6 nitrogen and oxygen atoms in total. The van der Waals surface area contributed by atoms with Crippen molar-refractivity contribution in [3.63, 3.8) is 0 Å². The van der Waals surface area contributed by atoms with Gasteiger partial charge in [0.1, 0.15) is 17.6 Å². The molecular weight excluding hydrogens is 488 g/mol. The molecule has 3 aromatic carbocycles. The zero-order valence-corrected chi connectivity index (χ0v) is 20.5. The van der Waals surface area contributed by atoms with Gasteiger partial charge in [-0.2, -0.15) is 9.65 Å². The van der Waals surface area contributed by atoms with Crippen LogP contribution in [0.3, 0.4) is 0 Å². The second-order valence-corrected chi connectivity index (χ2v) is 9.09. The Labute approximate surface area is 217 Å². The van der Waals surface area contributed by atoms with Gasteiger partial charge < -0.3 is 9.84 Å². The normalized spacial score (nSPS) is 14.3. The lowest BCUT2D eigenvalue weighted by Crippen LogP contribution is -2.16. The number of allylic oxidation sites excluding steroid dienone is 1. The standard InChI is InChI=1S/C30H23F2N3O3/c1-38-20-10-11-22(24(31)15-20)28(18-3-2-4-18)27(19-8-5-17(6-9-19)7-14-26(36)37)21-12-13-25-29(23(21)16-33)30(32)35-34-25/h5-15,18H,2-4H2,1H3,(H,34,35)(H,36,37)/b14-7+,28-27+. The molecule has 0 radical (unpaired) electrons. The van der Waals surface area contributed by atoms with E-state index in [0.29, 0.717) is 39.1 Å². The smallest absolute Gasteiger partial charge is 0.328 e. The number of carbonyl (C=O) groups is 1. The zero-order chi connectivity index (χ0) is 26.8. The molecule has 1 fully saturated rings. The number of nitrogens with one attached hydrogen (secondary N) is 1. The van der Waals surface area contributed by atoms with Gasteiger partial charge in [0.2, 0.25) is 5.95 Å². The first-order valence-corrected chi connectivity index (χ1v) is 12.1. The Morgan fingerprint density at radius 1 is 1.13 bits per heavy atom. The molecule has 4 aromatic rings. The first-order chi connectivity index (χ1) is 18.4. The molecule has 0 atom stereocenters. The van der Waals surface area contributed by atoms with Crippen LogP contribution in [0.1, 0.15) is 47.1 Å². The third-order valence-electron chi connectivity index (χ3n) is 6.93. The van der Waals surface area contributed by atoms with E-state index < -0.39 is 17.7 Å². The SMILES string of the molecule is COc1ccc(/C(=C(\c2ccc(/C=C/C(=O)O)cc2)c2ccc3[nH]nc(F)c3c2C#N)C2CCC2)c(F)c1. The van der Waals surface area contributed by atoms with Gasteiger partial charge in [0.15, 0.2) is 0 Å². The number of hydrogen-bond acceptors (Lipinski definition) is 4. The number of nitrogens with zero attached hydrogens (tertiary/aromatic N) is 2. The number of H-pyrrole nitrogens is 1. The number of hydrogen-bond donors (Lipinski definition) is 2. The summed E-state index contributed by atoms with van der Waals surface area (Å²) in [5, 5.41) is 25.4. The summed E-state index contributed by atoms with van der Waals surface area (Å²) in [6, 6.07) is 17.3. The summed E-state index contributed by atoms with van der Waals surface area (Å²) < 4.78 is 35.5. The molecular formula is C30H23F2N3O3. The predicted octanol–water partition coefficient (Wildman–Crippen LogP) is 6.58. The Kier molecular flexibility index (Phi) is 6.75. The maximum absolute atomic E-state index is 15.6. The lowest BCUT2D eigenvalue weighted by molar-refractivity contribution is -0.131. The van der Waals surface area contributed by atoms with Gasteiger partial charge >= 0.3 is 5.97 Å². The molecule has 1 aliphatic carbocycles. The Morgan fingerprint density at radius 3 is 2.47 bits per heavy atom. The highest BCUT2D eigenvalue weighted by atomic mass is 19.1. The highest BCUT2D eigenvalue weighted by molar-refractivity contribution is 6.04. The minimum atomic E-state index is -1.06. The van der Waals surface area contributed by atoms with Crippen LogP contribution in [0.2, 0.25) is 0 Å². The van der Waals surface area contributed by atoms with E-state index in [9.17, 15) is 14.4 Å². The van der Waals surface area contributed by atoms with E-state index in [1.807, 2.05) is 0 Å². The lowest BCUT2D eigenvalue weighted by Gasteiger charge is -2.32. The van der Waals surface area contributed by atoms with Crippen molar-refractivity contribution in [3.8, 4) is 11.8 Å². The maximum atomic E-state index is 15.6.